The number of allylic oxidation sites excluding steroid dienone is 1. The minimum Gasteiger partial charge on any atom is -0.399 e. The maximum Gasteiger partial charge on any atom is 0.146 e. The topological polar surface area (TPSA) is 21.6 Å². The van der Waals surface area contributed by atoms with Crippen LogP contribution in [0, 0.1) is 0 Å². The highest BCUT2D eigenvalue weighted by atomic mass is 79.9. The van der Waals surface area contributed by atoms with Crippen molar-refractivity contribution in [1.82, 2.24) is 0 Å². The van der Waals surface area contributed by atoms with Gasteiger partial charge in [-0.25, -0.2) is 4.39 Å². The van der Waals surface area contributed by atoms with E-state index in [4.69, 9.17) is 0 Å². The van der Waals surface area contributed by atoms with Crippen molar-refractivity contribution in [3.63, 3.8) is 0 Å². The van der Waals surface area contributed by atoms with Gasteiger partial charge in [0.25, 0.3) is 0 Å². The lowest BCUT2D eigenvalue weighted by atomic mass is 10.2. The van der Waals surface area contributed by atoms with Crippen molar-refractivity contribution < 1.29 is 9.23 Å². The number of halogens is 2. The quantitative estimate of drug-likeness (QED) is 0.606. The van der Waals surface area contributed by atoms with Crippen LogP contribution in [0.3, 0.4) is 0 Å². The van der Waals surface area contributed by atoms with Crippen molar-refractivity contribution in [3.05, 3.63) is 40.4 Å². The molecule has 0 atom stereocenters. The zero-order valence-corrected chi connectivity index (χ0v) is 10.1. The molecule has 1 aromatic rings. The molecule has 0 N–H and O–H groups in total. The number of hydrogen-bond acceptors (Lipinski definition) is 2. The normalized spacial score (nSPS) is 13.5. The zero-order chi connectivity index (χ0) is 11.3. The van der Waals surface area contributed by atoms with Crippen LogP contribution < -0.4 is 0 Å². The Morgan fingerprint density at radius 3 is 2.47 bits per heavy atom. The van der Waals surface area contributed by atoms with Crippen molar-refractivity contribution in [2.45, 2.75) is 6.92 Å². The van der Waals surface area contributed by atoms with E-state index in [1.54, 1.807) is 31.2 Å². The highest BCUT2D eigenvalue weighted by Gasteiger charge is 2.09. The lowest BCUT2D eigenvalue weighted by molar-refractivity contribution is 0.213. The lowest BCUT2D eigenvalue weighted by Gasteiger charge is -2.02. The van der Waals surface area contributed by atoms with E-state index in [9.17, 15) is 4.39 Å². The van der Waals surface area contributed by atoms with Crippen LogP contribution in [0.25, 0.3) is 5.83 Å². The molecule has 0 amide bonds. The van der Waals surface area contributed by atoms with Crippen LogP contribution in [0.4, 0.5) is 4.39 Å². The molecule has 0 aliphatic carbocycles. The van der Waals surface area contributed by atoms with Crippen LogP contribution in [-0.4, -0.2) is 12.8 Å². The van der Waals surface area contributed by atoms with Gasteiger partial charge >= 0.3 is 0 Å². The smallest absolute Gasteiger partial charge is 0.146 e. The minimum absolute atomic E-state index is 0.301. The molecule has 0 fully saturated rings. The molecule has 80 valence electrons. The van der Waals surface area contributed by atoms with Crippen LogP contribution in [0.2, 0.25) is 0 Å². The number of benzene rings is 1. The number of nitrogens with zero attached hydrogens (tertiary/aromatic N) is 1. The summed E-state index contributed by atoms with van der Waals surface area (Å²) >= 11 is 3.14. The average Bonchev–Trinajstić information content (AvgIpc) is 2.28. The second-order valence-electron chi connectivity index (χ2n) is 2.85. The summed E-state index contributed by atoms with van der Waals surface area (Å²) in [6.45, 7) is 1.66. The molecule has 0 bridgehead atoms. The van der Waals surface area contributed by atoms with Gasteiger partial charge in [0.1, 0.15) is 12.9 Å². The first kappa shape index (κ1) is 11.9. The molecule has 0 aromatic heterocycles. The predicted octanol–water partition coefficient (Wildman–Crippen LogP) is 3.74. The fourth-order valence-corrected chi connectivity index (χ4v) is 1.35. The van der Waals surface area contributed by atoms with E-state index in [-0.39, 0.29) is 5.83 Å². The first-order chi connectivity index (χ1) is 7.16. The van der Waals surface area contributed by atoms with Gasteiger partial charge in [0.05, 0.1) is 10.2 Å². The Balaban J connectivity index is 3.06. The second-order valence-corrected chi connectivity index (χ2v) is 3.65. The molecule has 0 heterocycles. The lowest BCUT2D eigenvalue weighted by Crippen LogP contribution is -1.94. The van der Waals surface area contributed by atoms with Gasteiger partial charge in [-0.1, -0.05) is 35.5 Å². The zero-order valence-electron chi connectivity index (χ0n) is 8.50. The summed E-state index contributed by atoms with van der Waals surface area (Å²) in [5.74, 6) is -0.353. The molecule has 2 nitrogen and oxygen atoms in total. The second kappa shape index (κ2) is 5.66. The van der Waals surface area contributed by atoms with Crippen LogP contribution in [0.1, 0.15) is 12.5 Å². The van der Waals surface area contributed by atoms with E-state index in [1.165, 1.54) is 7.11 Å². The molecule has 0 saturated carbocycles. The minimum atomic E-state index is -0.353. The summed E-state index contributed by atoms with van der Waals surface area (Å²) in [7, 11) is 1.42. The van der Waals surface area contributed by atoms with Gasteiger partial charge in [0.2, 0.25) is 0 Å². The van der Waals surface area contributed by atoms with Crippen LogP contribution in [0.5, 0.6) is 0 Å². The number of rotatable bonds is 3. The molecule has 1 rings (SSSR count). The molecule has 0 aliphatic rings. The van der Waals surface area contributed by atoms with Crippen LogP contribution in [-0.2, 0) is 4.84 Å². The first-order valence-corrected chi connectivity index (χ1v) is 5.15. The molecular weight excluding hydrogens is 261 g/mol. The largest absolute Gasteiger partial charge is 0.399 e. The fourth-order valence-electron chi connectivity index (χ4n) is 1.05. The molecule has 15 heavy (non-hydrogen) atoms. The Hall–Kier alpha value is -1.16. The third-order valence-corrected chi connectivity index (χ3v) is 2.69. The molecule has 0 aliphatic heterocycles. The van der Waals surface area contributed by atoms with Gasteiger partial charge in [0, 0.05) is 5.56 Å². The summed E-state index contributed by atoms with van der Waals surface area (Å²) in [6.07, 6.45) is 0. The molecule has 0 unspecified atom stereocenters. The molecule has 0 spiro atoms. The van der Waals surface area contributed by atoms with Gasteiger partial charge in [-0.3, -0.25) is 0 Å². The Labute approximate surface area is 96.6 Å². The predicted molar refractivity (Wildman–Crippen MR) is 63.5 cm³/mol. The first-order valence-electron chi connectivity index (χ1n) is 4.35. The maximum atomic E-state index is 13.8. The van der Waals surface area contributed by atoms with E-state index in [0.29, 0.717) is 15.8 Å². The van der Waals surface area contributed by atoms with Crippen molar-refractivity contribution in [1.29, 1.82) is 0 Å². The van der Waals surface area contributed by atoms with Gasteiger partial charge < -0.3 is 4.84 Å². The molecule has 4 heteroatoms. The van der Waals surface area contributed by atoms with E-state index < -0.39 is 0 Å². The van der Waals surface area contributed by atoms with Crippen molar-refractivity contribution >= 4 is 27.5 Å². The summed E-state index contributed by atoms with van der Waals surface area (Å²) < 4.78 is 14.1. The summed E-state index contributed by atoms with van der Waals surface area (Å²) in [4.78, 5) is 4.57. The molecule has 1 aromatic carbocycles. The van der Waals surface area contributed by atoms with Gasteiger partial charge in [0.15, 0.2) is 0 Å². The van der Waals surface area contributed by atoms with Crippen LogP contribution in [0.15, 0.2) is 40.0 Å². The maximum absolute atomic E-state index is 13.8. The Morgan fingerprint density at radius 2 is 1.93 bits per heavy atom. The number of oxime groups is 1. The van der Waals surface area contributed by atoms with E-state index in [2.05, 4.69) is 25.9 Å². The Bertz CT molecular complexity index is 387. The molecular formula is C11H11BrFNO. The van der Waals surface area contributed by atoms with Gasteiger partial charge in [-0.2, -0.15) is 0 Å². The van der Waals surface area contributed by atoms with Crippen molar-refractivity contribution in [2.24, 2.45) is 5.16 Å². The Morgan fingerprint density at radius 1 is 1.33 bits per heavy atom. The summed E-state index contributed by atoms with van der Waals surface area (Å²) in [6, 6.07) is 8.77. The summed E-state index contributed by atoms with van der Waals surface area (Å²) in [5.41, 5.74) is 0.967. The SMILES string of the molecule is CO/N=C(C)/C(Br)=C(\F)c1ccccc1. The average molecular weight is 272 g/mol. The third kappa shape index (κ3) is 3.16. The standard InChI is InChI=1S/C11H11BrFNO/c1-8(14-15-2)10(12)11(13)9-6-4-3-5-7-9/h3-7H,1-2H3/b11-10+,14-8+. The Kier molecular flexibility index (Phi) is 4.49. The van der Waals surface area contributed by atoms with E-state index >= 15 is 0 Å². The molecule has 0 radical (unpaired) electrons. The monoisotopic (exact) mass is 271 g/mol. The highest BCUT2D eigenvalue weighted by Crippen LogP contribution is 2.25. The summed E-state index contributed by atoms with van der Waals surface area (Å²) in [5, 5.41) is 3.64. The van der Waals surface area contributed by atoms with E-state index in [1.807, 2.05) is 6.07 Å². The van der Waals surface area contributed by atoms with Gasteiger partial charge in [-0.15, -0.1) is 0 Å². The fraction of sp³-hybridized carbons (Fsp3) is 0.182. The van der Waals surface area contributed by atoms with Crippen LogP contribution >= 0.6 is 15.9 Å². The van der Waals surface area contributed by atoms with E-state index in [0.717, 1.165) is 0 Å². The van der Waals surface area contributed by atoms with Crippen molar-refractivity contribution in [3.8, 4) is 0 Å². The highest BCUT2D eigenvalue weighted by molar-refractivity contribution is 9.12. The third-order valence-electron chi connectivity index (χ3n) is 1.77. The van der Waals surface area contributed by atoms with Gasteiger partial charge in [-0.05, 0) is 22.9 Å². The number of hydrogen-bond donors (Lipinski definition) is 0. The molecule has 0 saturated heterocycles. The van der Waals surface area contributed by atoms with Crippen molar-refractivity contribution in [2.75, 3.05) is 7.11 Å².